The summed E-state index contributed by atoms with van der Waals surface area (Å²) in [6, 6.07) is -0.0105. The van der Waals surface area contributed by atoms with E-state index in [9.17, 15) is 14.7 Å². The van der Waals surface area contributed by atoms with Gasteiger partial charge in [-0.25, -0.2) is 4.79 Å². The van der Waals surface area contributed by atoms with Crippen molar-refractivity contribution in [3.05, 3.63) is 0 Å². The average Bonchev–Trinajstić information content (AvgIpc) is 2.93. The zero-order chi connectivity index (χ0) is 17.0. The summed E-state index contributed by atoms with van der Waals surface area (Å²) >= 11 is 0. The lowest BCUT2D eigenvalue weighted by Gasteiger charge is -2.35. The van der Waals surface area contributed by atoms with Gasteiger partial charge < -0.3 is 20.1 Å². The lowest BCUT2D eigenvalue weighted by molar-refractivity contribution is -0.147. The van der Waals surface area contributed by atoms with Gasteiger partial charge in [-0.15, -0.1) is 0 Å². The second-order valence-electron chi connectivity index (χ2n) is 7.19. The van der Waals surface area contributed by atoms with Gasteiger partial charge in [0.2, 0.25) is 0 Å². The first-order valence-electron chi connectivity index (χ1n) is 8.80. The van der Waals surface area contributed by atoms with Gasteiger partial charge in [-0.2, -0.15) is 0 Å². The van der Waals surface area contributed by atoms with Crippen LogP contribution in [-0.2, 0) is 9.53 Å². The number of urea groups is 1. The number of carboxylic acid groups (broad SMARTS) is 1. The number of carbonyl (C=O) groups is 2. The Morgan fingerprint density at radius 3 is 2.65 bits per heavy atom. The number of amides is 2. The summed E-state index contributed by atoms with van der Waals surface area (Å²) in [5.41, 5.74) is -0.814. The van der Waals surface area contributed by atoms with E-state index in [-0.39, 0.29) is 24.7 Å². The van der Waals surface area contributed by atoms with Crippen LogP contribution in [0.4, 0.5) is 4.79 Å². The molecule has 0 aliphatic carbocycles. The Labute approximate surface area is 138 Å². The maximum Gasteiger partial charge on any atom is 0.317 e. The molecule has 23 heavy (non-hydrogen) atoms. The number of aliphatic carboxylic acids is 1. The molecule has 2 rings (SSSR count). The van der Waals surface area contributed by atoms with Crippen molar-refractivity contribution in [2.24, 2.45) is 11.3 Å². The molecule has 132 valence electrons. The highest BCUT2D eigenvalue weighted by Crippen LogP contribution is 2.30. The summed E-state index contributed by atoms with van der Waals surface area (Å²) in [6.45, 7) is 7.54. The minimum Gasteiger partial charge on any atom is -0.481 e. The van der Waals surface area contributed by atoms with E-state index in [0.29, 0.717) is 25.5 Å². The van der Waals surface area contributed by atoms with Crippen molar-refractivity contribution < 1.29 is 19.4 Å². The third-order valence-electron chi connectivity index (χ3n) is 5.49. The van der Waals surface area contributed by atoms with Gasteiger partial charge in [-0.05, 0) is 32.1 Å². The number of ether oxygens (including phenoxy) is 1. The topological polar surface area (TPSA) is 78.9 Å². The van der Waals surface area contributed by atoms with Crippen LogP contribution in [0.25, 0.3) is 0 Å². The van der Waals surface area contributed by atoms with E-state index in [0.717, 1.165) is 25.7 Å². The molecule has 2 N–H and O–H groups in total. The second kappa shape index (κ2) is 7.51. The zero-order valence-corrected chi connectivity index (χ0v) is 14.5. The van der Waals surface area contributed by atoms with E-state index in [4.69, 9.17) is 4.74 Å². The van der Waals surface area contributed by atoms with Crippen LogP contribution in [0.1, 0.15) is 52.9 Å². The van der Waals surface area contributed by atoms with Gasteiger partial charge in [0.1, 0.15) is 0 Å². The first-order valence-corrected chi connectivity index (χ1v) is 8.80. The Hall–Kier alpha value is -1.30. The van der Waals surface area contributed by atoms with Crippen molar-refractivity contribution >= 4 is 12.0 Å². The van der Waals surface area contributed by atoms with Crippen LogP contribution in [0.15, 0.2) is 0 Å². The van der Waals surface area contributed by atoms with Crippen LogP contribution in [0, 0.1) is 11.3 Å². The van der Waals surface area contributed by atoms with Gasteiger partial charge in [-0.1, -0.05) is 26.7 Å². The average molecular weight is 326 g/mol. The van der Waals surface area contributed by atoms with Crippen molar-refractivity contribution in [1.29, 1.82) is 0 Å². The predicted molar refractivity (Wildman–Crippen MR) is 87.3 cm³/mol. The molecule has 0 aromatic rings. The second-order valence-corrected chi connectivity index (χ2v) is 7.19. The number of likely N-dealkylation sites (tertiary alicyclic amines) is 1. The molecule has 2 aliphatic rings. The zero-order valence-electron chi connectivity index (χ0n) is 14.5. The SMILES string of the molecule is CCC(CC)C1CC(NC(=O)N2CCC(C)(C(=O)O)C2)CCO1. The van der Waals surface area contributed by atoms with Gasteiger partial charge in [-0.3, -0.25) is 4.79 Å². The summed E-state index contributed by atoms with van der Waals surface area (Å²) in [5.74, 6) is -0.288. The Morgan fingerprint density at radius 1 is 1.39 bits per heavy atom. The largest absolute Gasteiger partial charge is 0.481 e. The van der Waals surface area contributed by atoms with Crippen molar-refractivity contribution in [2.45, 2.75) is 65.0 Å². The molecule has 2 amide bonds. The molecule has 0 aromatic carbocycles. The number of hydrogen-bond acceptors (Lipinski definition) is 3. The predicted octanol–water partition coefficient (Wildman–Crippen LogP) is 2.48. The van der Waals surface area contributed by atoms with Crippen LogP contribution < -0.4 is 5.32 Å². The quantitative estimate of drug-likeness (QED) is 0.813. The summed E-state index contributed by atoms with van der Waals surface area (Å²) in [4.78, 5) is 25.3. The maximum atomic E-state index is 12.4. The first kappa shape index (κ1) is 18.0. The minimum atomic E-state index is -0.826. The normalized spacial score (nSPS) is 31.4. The van der Waals surface area contributed by atoms with Gasteiger partial charge in [0.05, 0.1) is 11.5 Å². The molecule has 2 heterocycles. The summed E-state index contributed by atoms with van der Waals surface area (Å²) < 4.78 is 5.88. The number of nitrogens with one attached hydrogen (secondary N) is 1. The molecule has 3 atom stereocenters. The summed E-state index contributed by atoms with van der Waals surface area (Å²) in [7, 11) is 0. The van der Waals surface area contributed by atoms with Crippen LogP contribution >= 0.6 is 0 Å². The van der Waals surface area contributed by atoms with E-state index < -0.39 is 11.4 Å². The van der Waals surface area contributed by atoms with E-state index in [1.807, 2.05) is 0 Å². The third-order valence-corrected chi connectivity index (χ3v) is 5.49. The van der Waals surface area contributed by atoms with E-state index >= 15 is 0 Å². The van der Waals surface area contributed by atoms with Crippen LogP contribution in [-0.4, -0.2) is 53.8 Å². The molecule has 6 nitrogen and oxygen atoms in total. The molecular weight excluding hydrogens is 296 g/mol. The Kier molecular flexibility index (Phi) is 5.89. The van der Waals surface area contributed by atoms with Crippen LogP contribution in [0.5, 0.6) is 0 Å². The van der Waals surface area contributed by atoms with E-state index in [1.54, 1.807) is 11.8 Å². The van der Waals surface area contributed by atoms with Gasteiger partial charge in [0.25, 0.3) is 0 Å². The Bertz CT molecular complexity index is 438. The van der Waals surface area contributed by atoms with Gasteiger partial charge in [0.15, 0.2) is 0 Å². The molecule has 0 saturated carbocycles. The standard InChI is InChI=1S/C17H30N2O4/c1-4-12(5-2)14-10-13(6-9-23-14)18-16(22)19-8-7-17(3,11-19)15(20)21/h12-14H,4-11H2,1-3H3,(H,18,22)(H,20,21). The lowest BCUT2D eigenvalue weighted by Crippen LogP contribution is -2.49. The fourth-order valence-electron chi connectivity index (χ4n) is 3.68. The number of carbonyl (C=O) groups excluding carboxylic acids is 1. The fraction of sp³-hybridized carbons (Fsp3) is 0.882. The Morgan fingerprint density at radius 2 is 2.09 bits per heavy atom. The van der Waals surface area contributed by atoms with Crippen molar-refractivity contribution in [3.8, 4) is 0 Å². The third kappa shape index (κ3) is 4.16. The number of hydrogen-bond donors (Lipinski definition) is 2. The van der Waals surface area contributed by atoms with Crippen molar-refractivity contribution in [2.75, 3.05) is 19.7 Å². The van der Waals surface area contributed by atoms with Crippen LogP contribution in [0.2, 0.25) is 0 Å². The molecule has 0 aromatic heterocycles. The molecule has 3 unspecified atom stereocenters. The minimum absolute atomic E-state index is 0.124. The fourth-order valence-corrected chi connectivity index (χ4v) is 3.68. The molecular formula is C17H30N2O4. The van der Waals surface area contributed by atoms with Crippen molar-refractivity contribution in [3.63, 3.8) is 0 Å². The van der Waals surface area contributed by atoms with E-state index in [1.165, 1.54) is 0 Å². The molecule has 0 bridgehead atoms. The number of nitrogens with zero attached hydrogens (tertiary/aromatic N) is 1. The monoisotopic (exact) mass is 326 g/mol. The molecule has 2 fully saturated rings. The van der Waals surface area contributed by atoms with Gasteiger partial charge in [0, 0.05) is 25.7 Å². The highest BCUT2D eigenvalue weighted by atomic mass is 16.5. The number of rotatable bonds is 5. The van der Waals surface area contributed by atoms with Crippen LogP contribution in [0.3, 0.4) is 0 Å². The smallest absolute Gasteiger partial charge is 0.317 e. The number of carboxylic acids is 1. The van der Waals surface area contributed by atoms with Gasteiger partial charge >= 0.3 is 12.0 Å². The highest BCUT2D eigenvalue weighted by molar-refractivity contribution is 5.79. The molecule has 2 saturated heterocycles. The van der Waals surface area contributed by atoms with Crippen molar-refractivity contribution in [1.82, 2.24) is 10.2 Å². The molecule has 0 spiro atoms. The molecule has 2 aliphatic heterocycles. The first-order chi connectivity index (χ1) is 10.9. The van der Waals surface area contributed by atoms with E-state index in [2.05, 4.69) is 19.2 Å². The Balaban J connectivity index is 1.87. The summed E-state index contributed by atoms with van der Waals surface area (Å²) in [6.07, 6.45) is 4.58. The maximum absolute atomic E-state index is 12.4. The molecule has 6 heteroatoms. The highest BCUT2D eigenvalue weighted by Gasteiger charge is 2.42. The molecule has 0 radical (unpaired) electrons. The lowest BCUT2D eigenvalue weighted by atomic mass is 9.89. The summed E-state index contributed by atoms with van der Waals surface area (Å²) in [5, 5.41) is 12.4.